The third-order valence-corrected chi connectivity index (χ3v) is 5.17. The summed E-state index contributed by atoms with van der Waals surface area (Å²) in [5.41, 5.74) is 2.15. The van der Waals surface area contributed by atoms with Crippen LogP contribution in [0.15, 0.2) is 47.4 Å². The molecule has 1 heterocycles. The van der Waals surface area contributed by atoms with E-state index in [-0.39, 0.29) is 18.3 Å². The molecule has 24 heavy (non-hydrogen) atoms. The normalized spacial score (nSPS) is 13.2. The lowest BCUT2D eigenvalue weighted by Gasteiger charge is -2.06. The lowest BCUT2D eigenvalue weighted by atomic mass is 10.1. The molecule has 0 N–H and O–H groups in total. The van der Waals surface area contributed by atoms with Crippen molar-refractivity contribution in [1.29, 1.82) is 0 Å². The third kappa shape index (κ3) is 4.07. The second-order valence-corrected chi connectivity index (χ2v) is 7.35. The molecule has 128 valence electrons. The molecule has 2 aromatic carbocycles. The van der Waals surface area contributed by atoms with E-state index >= 15 is 0 Å². The summed E-state index contributed by atoms with van der Waals surface area (Å²) in [5.74, 6) is 1.54. The van der Waals surface area contributed by atoms with Crippen molar-refractivity contribution in [3.05, 3.63) is 53.6 Å². The molecule has 2 aromatic rings. The van der Waals surface area contributed by atoms with Gasteiger partial charge in [0.25, 0.3) is 10.1 Å². The molecule has 5 nitrogen and oxygen atoms in total. The molecule has 1 aliphatic heterocycles. The van der Waals surface area contributed by atoms with Crippen LogP contribution >= 0.6 is 0 Å². The molecule has 0 fully saturated rings. The Hall–Kier alpha value is -2.05. The second-order valence-electron chi connectivity index (χ2n) is 5.73. The largest absolute Gasteiger partial charge is 0.454 e. The van der Waals surface area contributed by atoms with Crippen LogP contribution in [0, 0.1) is 6.92 Å². The molecule has 0 saturated carbocycles. The summed E-state index contributed by atoms with van der Waals surface area (Å²) < 4.78 is 39.8. The highest BCUT2D eigenvalue weighted by atomic mass is 32.2. The van der Waals surface area contributed by atoms with Gasteiger partial charge in [0.1, 0.15) is 0 Å². The van der Waals surface area contributed by atoms with Crippen molar-refractivity contribution in [3.8, 4) is 11.5 Å². The van der Waals surface area contributed by atoms with Crippen LogP contribution in [-0.4, -0.2) is 21.8 Å². The number of unbranched alkanes of at least 4 members (excludes halogenated alkanes) is 1. The first-order valence-corrected chi connectivity index (χ1v) is 9.30. The van der Waals surface area contributed by atoms with Gasteiger partial charge in [0.15, 0.2) is 11.5 Å². The van der Waals surface area contributed by atoms with Crippen molar-refractivity contribution in [3.63, 3.8) is 0 Å². The summed E-state index contributed by atoms with van der Waals surface area (Å²) in [4.78, 5) is 0.198. The lowest BCUT2D eigenvalue weighted by Crippen LogP contribution is -2.07. The minimum absolute atomic E-state index is 0.181. The van der Waals surface area contributed by atoms with E-state index in [1.807, 2.05) is 25.1 Å². The van der Waals surface area contributed by atoms with Crippen LogP contribution in [-0.2, 0) is 20.7 Å². The molecule has 0 saturated heterocycles. The first kappa shape index (κ1) is 16.8. The highest BCUT2D eigenvalue weighted by molar-refractivity contribution is 7.86. The Morgan fingerprint density at radius 3 is 2.54 bits per heavy atom. The van der Waals surface area contributed by atoms with Crippen LogP contribution < -0.4 is 9.47 Å². The Bertz CT molecular complexity index is 797. The van der Waals surface area contributed by atoms with Crippen LogP contribution in [0.5, 0.6) is 11.5 Å². The molecule has 0 aromatic heterocycles. The predicted octanol–water partition coefficient (Wildman–Crippen LogP) is 3.45. The average molecular weight is 348 g/mol. The van der Waals surface area contributed by atoms with Crippen molar-refractivity contribution in [1.82, 2.24) is 0 Å². The first-order valence-electron chi connectivity index (χ1n) is 7.89. The van der Waals surface area contributed by atoms with Gasteiger partial charge in [0, 0.05) is 0 Å². The lowest BCUT2D eigenvalue weighted by molar-refractivity contribution is 0.174. The topological polar surface area (TPSA) is 61.8 Å². The first-order chi connectivity index (χ1) is 11.5. The van der Waals surface area contributed by atoms with Crippen LogP contribution in [0.2, 0.25) is 0 Å². The second kappa shape index (κ2) is 7.23. The molecular formula is C18H20O5S. The van der Waals surface area contributed by atoms with Crippen molar-refractivity contribution >= 4 is 10.1 Å². The number of aryl methyl sites for hydroxylation is 2. The van der Waals surface area contributed by atoms with Gasteiger partial charge in [0.05, 0.1) is 11.5 Å². The Morgan fingerprint density at radius 1 is 1.00 bits per heavy atom. The van der Waals surface area contributed by atoms with Crippen molar-refractivity contribution in [2.45, 2.75) is 31.1 Å². The van der Waals surface area contributed by atoms with E-state index in [1.54, 1.807) is 24.3 Å². The van der Waals surface area contributed by atoms with E-state index in [9.17, 15) is 8.42 Å². The van der Waals surface area contributed by atoms with Gasteiger partial charge < -0.3 is 9.47 Å². The monoisotopic (exact) mass is 348 g/mol. The van der Waals surface area contributed by atoms with Crippen molar-refractivity contribution < 1.29 is 22.1 Å². The van der Waals surface area contributed by atoms with Gasteiger partial charge in [-0.05, 0) is 56.0 Å². The number of ether oxygens (including phenoxy) is 2. The van der Waals surface area contributed by atoms with Gasteiger partial charge in [0.2, 0.25) is 6.79 Å². The molecule has 0 spiro atoms. The minimum Gasteiger partial charge on any atom is -0.454 e. The zero-order chi connectivity index (χ0) is 17.0. The molecule has 0 atom stereocenters. The Balaban J connectivity index is 1.44. The van der Waals surface area contributed by atoms with E-state index in [0.717, 1.165) is 35.5 Å². The number of fused-ring (bicyclic) bond motifs is 1. The summed E-state index contributed by atoms with van der Waals surface area (Å²) in [6.45, 7) is 2.36. The van der Waals surface area contributed by atoms with Crippen LogP contribution in [0.25, 0.3) is 0 Å². The third-order valence-electron chi connectivity index (χ3n) is 3.84. The predicted molar refractivity (Wildman–Crippen MR) is 89.8 cm³/mol. The van der Waals surface area contributed by atoms with Crippen LogP contribution in [0.4, 0.5) is 0 Å². The van der Waals surface area contributed by atoms with E-state index in [4.69, 9.17) is 13.7 Å². The number of benzene rings is 2. The van der Waals surface area contributed by atoms with E-state index in [2.05, 4.69) is 0 Å². The zero-order valence-electron chi connectivity index (χ0n) is 13.5. The molecule has 3 rings (SSSR count). The van der Waals surface area contributed by atoms with Crippen LogP contribution in [0.3, 0.4) is 0 Å². The maximum absolute atomic E-state index is 12.1. The number of hydrogen-bond donors (Lipinski definition) is 0. The molecule has 0 radical (unpaired) electrons. The molecule has 0 amide bonds. The van der Waals surface area contributed by atoms with Crippen molar-refractivity contribution in [2.75, 3.05) is 13.4 Å². The minimum atomic E-state index is -3.67. The fourth-order valence-electron chi connectivity index (χ4n) is 2.47. The highest BCUT2D eigenvalue weighted by Crippen LogP contribution is 2.32. The smallest absolute Gasteiger partial charge is 0.296 e. The van der Waals surface area contributed by atoms with Crippen molar-refractivity contribution in [2.24, 2.45) is 0 Å². The van der Waals surface area contributed by atoms with Gasteiger partial charge in [-0.15, -0.1) is 0 Å². The molecular weight excluding hydrogens is 328 g/mol. The highest BCUT2D eigenvalue weighted by Gasteiger charge is 2.15. The Labute approximate surface area is 142 Å². The fraction of sp³-hybridized carbons (Fsp3) is 0.333. The molecule has 0 bridgehead atoms. The summed E-state index contributed by atoms with van der Waals surface area (Å²) in [6.07, 6.45) is 2.34. The van der Waals surface area contributed by atoms with Gasteiger partial charge in [-0.3, -0.25) is 4.18 Å². The quantitative estimate of drug-likeness (QED) is 0.566. The Kier molecular flexibility index (Phi) is 5.06. The van der Waals surface area contributed by atoms with Gasteiger partial charge in [-0.1, -0.05) is 23.8 Å². The molecule has 1 aliphatic rings. The Morgan fingerprint density at radius 2 is 1.75 bits per heavy atom. The summed E-state index contributed by atoms with van der Waals surface area (Å²) in [7, 11) is -3.67. The van der Waals surface area contributed by atoms with Gasteiger partial charge in [-0.2, -0.15) is 8.42 Å². The van der Waals surface area contributed by atoms with E-state index < -0.39 is 10.1 Å². The van der Waals surface area contributed by atoms with Crippen LogP contribution in [0.1, 0.15) is 24.0 Å². The maximum atomic E-state index is 12.1. The molecule has 0 unspecified atom stereocenters. The number of hydrogen-bond acceptors (Lipinski definition) is 5. The SMILES string of the molecule is Cc1ccc(S(=O)(=O)OCCCCc2ccc3c(c2)OCO3)cc1. The van der Waals surface area contributed by atoms with E-state index in [1.165, 1.54) is 0 Å². The summed E-state index contributed by atoms with van der Waals surface area (Å²) in [5, 5.41) is 0. The number of rotatable bonds is 7. The maximum Gasteiger partial charge on any atom is 0.296 e. The average Bonchev–Trinajstić information content (AvgIpc) is 3.02. The zero-order valence-corrected chi connectivity index (χ0v) is 14.3. The fourth-order valence-corrected chi connectivity index (χ4v) is 3.41. The van der Waals surface area contributed by atoms with Gasteiger partial charge in [-0.25, -0.2) is 0 Å². The summed E-state index contributed by atoms with van der Waals surface area (Å²) in [6, 6.07) is 12.5. The summed E-state index contributed by atoms with van der Waals surface area (Å²) >= 11 is 0. The molecule has 0 aliphatic carbocycles. The standard InChI is InChI=1S/C18H20O5S/c1-14-5-8-16(9-6-14)24(19,20)23-11-3-2-4-15-7-10-17-18(12-15)22-13-21-17/h5-10,12H,2-4,11,13H2,1H3. The molecule has 6 heteroatoms. The van der Waals surface area contributed by atoms with E-state index in [0.29, 0.717) is 6.42 Å². The van der Waals surface area contributed by atoms with Gasteiger partial charge >= 0.3 is 0 Å².